The van der Waals surface area contributed by atoms with Gasteiger partial charge in [-0.3, -0.25) is 9.48 Å². The molecule has 0 aliphatic carbocycles. The van der Waals surface area contributed by atoms with Crippen molar-refractivity contribution in [3.63, 3.8) is 0 Å². The van der Waals surface area contributed by atoms with Crippen molar-refractivity contribution in [2.75, 3.05) is 6.54 Å². The Balaban J connectivity index is 1.93. The number of amides is 1. The van der Waals surface area contributed by atoms with Gasteiger partial charge in [-0.1, -0.05) is 0 Å². The third-order valence-electron chi connectivity index (χ3n) is 3.11. The fraction of sp³-hybridized carbons (Fsp3) is 0.167. The van der Waals surface area contributed by atoms with E-state index in [9.17, 15) is 4.79 Å². The van der Waals surface area contributed by atoms with Crippen LogP contribution in [-0.4, -0.2) is 32.2 Å². The van der Waals surface area contributed by atoms with E-state index in [2.05, 4.69) is 20.4 Å². The standard InChI is InChI=1S/C12H9N5OS/c18-12-9-5-8(16-17(9)3-2-13-12)10-11-7(1-4-19-11)14-6-15-10/h1,4-6H,2-3H2,(H,13,18). The van der Waals surface area contributed by atoms with Gasteiger partial charge in [0.05, 0.1) is 16.8 Å². The van der Waals surface area contributed by atoms with Crippen molar-refractivity contribution in [2.45, 2.75) is 6.54 Å². The highest BCUT2D eigenvalue weighted by molar-refractivity contribution is 7.17. The fourth-order valence-corrected chi connectivity index (χ4v) is 3.07. The maximum absolute atomic E-state index is 11.7. The Morgan fingerprint density at radius 3 is 3.21 bits per heavy atom. The summed E-state index contributed by atoms with van der Waals surface area (Å²) in [7, 11) is 0. The van der Waals surface area contributed by atoms with Crippen molar-refractivity contribution in [3.05, 3.63) is 29.5 Å². The van der Waals surface area contributed by atoms with Gasteiger partial charge in [0.25, 0.3) is 5.91 Å². The van der Waals surface area contributed by atoms with Crippen LogP contribution < -0.4 is 5.32 Å². The number of nitrogens with one attached hydrogen (secondary N) is 1. The lowest BCUT2D eigenvalue weighted by atomic mass is 10.2. The highest BCUT2D eigenvalue weighted by Crippen LogP contribution is 2.29. The number of rotatable bonds is 1. The number of carbonyl (C=O) groups is 1. The highest BCUT2D eigenvalue weighted by Gasteiger charge is 2.21. The van der Waals surface area contributed by atoms with Gasteiger partial charge in [-0.2, -0.15) is 5.10 Å². The molecule has 1 aliphatic heterocycles. The Bertz CT molecular complexity index is 790. The molecule has 3 aromatic rings. The maximum Gasteiger partial charge on any atom is 0.269 e. The molecular weight excluding hydrogens is 262 g/mol. The molecule has 1 amide bonds. The number of fused-ring (bicyclic) bond motifs is 2. The summed E-state index contributed by atoms with van der Waals surface area (Å²) in [6, 6.07) is 3.74. The molecule has 6 nitrogen and oxygen atoms in total. The summed E-state index contributed by atoms with van der Waals surface area (Å²) in [6.45, 7) is 1.31. The minimum atomic E-state index is -0.0820. The molecular formula is C12H9N5OS. The summed E-state index contributed by atoms with van der Waals surface area (Å²) in [6.07, 6.45) is 1.53. The topological polar surface area (TPSA) is 72.7 Å². The van der Waals surface area contributed by atoms with Gasteiger partial charge < -0.3 is 5.32 Å². The average molecular weight is 271 g/mol. The van der Waals surface area contributed by atoms with Crippen LogP contribution in [0.25, 0.3) is 21.6 Å². The van der Waals surface area contributed by atoms with Gasteiger partial charge in [0.15, 0.2) is 0 Å². The van der Waals surface area contributed by atoms with Crippen molar-refractivity contribution in [1.29, 1.82) is 0 Å². The molecule has 1 N–H and O–H groups in total. The molecule has 0 atom stereocenters. The lowest BCUT2D eigenvalue weighted by Crippen LogP contribution is -2.35. The second kappa shape index (κ2) is 3.86. The van der Waals surface area contributed by atoms with Gasteiger partial charge in [-0.25, -0.2) is 9.97 Å². The smallest absolute Gasteiger partial charge is 0.269 e. The lowest BCUT2D eigenvalue weighted by Gasteiger charge is -2.13. The molecule has 0 saturated heterocycles. The molecule has 0 saturated carbocycles. The van der Waals surface area contributed by atoms with Crippen molar-refractivity contribution in [2.24, 2.45) is 0 Å². The molecule has 0 unspecified atom stereocenters. The predicted octanol–water partition coefficient (Wildman–Crippen LogP) is 1.30. The summed E-state index contributed by atoms with van der Waals surface area (Å²) < 4.78 is 2.73. The minimum Gasteiger partial charge on any atom is -0.349 e. The van der Waals surface area contributed by atoms with E-state index in [0.29, 0.717) is 18.8 Å². The summed E-state index contributed by atoms with van der Waals surface area (Å²) in [5.74, 6) is -0.0820. The van der Waals surface area contributed by atoms with E-state index >= 15 is 0 Å². The average Bonchev–Trinajstić information content (AvgIpc) is 3.05. The first-order valence-electron chi connectivity index (χ1n) is 5.87. The minimum absolute atomic E-state index is 0.0820. The number of nitrogens with zero attached hydrogens (tertiary/aromatic N) is 4. The van der Waals surface area contributed by atoms with Crippen molar-refractivity contribution >= 4 is 27.5 Å². The molecule has 3 aromatic heterocycles. The van der Waals surface area contributed by atoms with E-state index in [-0.39, 0.29) is 5.91 Å². The van der Waals surface area contributed by atoms with Crippen molar-refractivity contribution in [1.82, 2.24) is 25.1 Å². The number of hydrogen-bond donors (Lipinski definition) is 1. The largest absolute Gasteiger partial charge is 0.349 e. The van der Waals surface area contributed by atoms with Crippen molar-refractivity contribution in [3.8, 4) is 11.4 Å². The summed E-state index contributed by atoms with van der Waals surface area (Å²) in [4.78, 5) is 20.3. The number of thiophene rings is 1. The molecule has 1 aliphatic rings. The van der Waals surface area contributed by atoms with Gasteiger partial charge in [0, 0.05) is 6.54 Å². The Hall–Kier alpha value is -2.28. The molecule has 7 heteroatoms. The Labute approximate surface area is 112 Å². The van der Waals surface area contributed by atoms with Gasteiger partial charge in [0.2, 0.25) is 0 Å². The number of aromatic nitrogens is 4. The van der Waals surface area contributed by atoms with Crippen LogP contribution in [0.4, 0.5) is 0 Å². The van der Waals surface area contributed by atoms with Gasteiger partial charge >= 0.3 is 0 Å². The van der Waals surface area contributed by atoms with E-state index < -0.39 is 0 Å². The summed E-state index contributed by atoms with van der Waals surface area (Å²) in [5, 5.41) is 9.26. The third kappa shape index (κ3) is 1.55. The first-order chi connectivity index (χ1) is 9.33. The second-order valence-electron chi connectivity index (χ2n) is 4.25. The van der Waals surface area contributed by atoms with E-state index in [1.54, 1.807) is 22.1 Å². The van der Waals surface area contributed by atoms with E-state index in [4.69, 9.17) is 0 Å². The van der Waals surface area contributed by atoms with Gasteiger partial charge in [-0.05, 0) is 17.5 Å². The highest BCUT2D eigenvalue weighted by atomic mass is 32.1. The molecule has 19 heavy (non-hydrogen) atoms. The van der Waals surface area contributed by atoms with E-state index in [0.717, 1.165) is 21.6 Å². The van der Waals surface area contributed by atoms with Gasteiger partial charge in [-0.15, -0.1) is 11.3 Å². The maximum atomic E-state index is 11.7. The molecule has 0 spiro atoms. The van der Waals surface area contributed by atoms with Crippen molar-refractivity contribution < 1.29 is 4.79 Å². The lowest BCUT2D eigenvalue weighted by molar-refractivity contribution is 0.0924. The third-order valence-corrected chi connectivity index (χ3v) is 4.02. The first kappa shape index (κ1) is 10.6. The Morgan fingerprint density at radius 2 is 2.32 bits per heavy atom. The van der Waals surface area contributed by atoms with Gasteiger partial charge in [0.1, 0.15) is 23.4 Å². The van der Waals surface area contributed by atoms with Crippen LogP contribution in [0.1, 0.15) is 10.5 Å². The van der Waals surface area contributed by atoms with E-state index in [1.807, 2.05) is 11.4 Å². The summed E-state index contributed by atoms with van der Waals surface area (Å²) >= 11 is 1.58. The van der Waals surface area contributed by atoms with Crippen LogP contribution in [0.5, 0.6) is 0 Å². The van der Waals surface area contributed by atoms with Crippen LogP contribution in [0, 0.1) is 0 Å². The normalized spacial score (nSPS) is 14.4. The van der Waals surface area contributed by atoms with Crippen LogP contribution in [0.3, 0.4) is 0 Å². The number of carbonyl (C=O) groups excluding carboxylic acids is 1. The quantitative estimate of drug-likeness (QED) is 0.724. The zero-order chi connectivity index (χ0) is 12.8. The summed E-state index contributed by atoms with van der Waals surface area (Å²) in [5.41, 5.74) is 3.01. The molecule has 4 heterocycles. The second-order valence-corrected chi connectivity index (χ2v) is 5.17. The Morgan fingerprint density at radius 1 is 1.37 bits per heavy atom. The molecule has 94 valence electrons. The molecule has 0 aromatic carbocycles. The Kier molecular flexibility index (Phi) is 2.16. The zero-order valence-corrected chi connectivity index (χ0v) is 10.6. The molecule has 0 bridgehead atoms. The molecule has 0 fully saturated rings. The first-order valence-corrected chi connectivity index (χ1v) is 6.75. The van der Waals surface area contributed by atoms with Crippen LogP contribution in [-0.2, 0) is 6.54 Å². The van der Waals surface area contributed by atoms with E-state index in [1.165, 1.54) is 6.33 Å². The van der Waals surface area contributed by atoms with Crippen LogP contribution in [0.15, 0.2) is 23.8 Å². The fourth-order valence-electron chi connectivity index (χ4n) is 2.22. The predicted molar refractivity (Wildman–Crippen MR) is 71.0 cm³/mol. The zero-order valence-electron chi connectivity index (χ0n) is 9.83. The number of hydrogen-bond acceptors (Lipinski definition) is 5. The monoisotopic (exact) mass is 271 g/mol. The van der Waals surface area contributed by atoms with Crippen LogP contribution >= 0.6 is 11.3 Å². The van der Waals surface area contributed by atoms with Crippen LogP contribution in [0.2, 0.25) is 0 Å². The molecule has 4 rings (SSSR count). The SMILES string of the molecule is O=C1NCCn2nc(-c3ncnc4ccsc34)cc21. The molecule has 0 radical (unpaired) electrons.